The van der Waals surface area contributed by atoms with Gasteiger partial charge in [0.15, 0.2) is 11.5 Å². The third kappa shape index (κ3) is 7.59. The van der Waals surface area contributed by atoms with Crippen LogP contribution in [0.5, 0.6) is 0 Å². The highest BCUT2D eigenvalue weighted by Crippen LogP contribution is 2.35. The lowest BCUT2D eigenvalue weighted by Gasteiger charge is -2.30. The molecule has 36 heavy (non-hydrogen) atoms. The van der Waals surface area contributed by atoms with Gasteiger partial charge in [-0.2, -0.15) is 0 Å². The molecule has 1 aliphatic carbocycles. The monoisotopic (exact) mass is 501 g/mol. The van der Waals surface area contributed by atoms with Crippen LogP contribution in [0.2, 0.25) is 0 Å². The first-order valence-corrected chi connectivity index (χ1v) is 14.2. The number of hydrogen-bond acceptors (Lipinski definition) is 6. The van der Waals surface area contributed by atoms with Crippen molar-refractivity contribution in [3.05, 3.63) is 34.8 Å². The van der Waals surface area contributed by atoms with Crippen molar-refractivity contribution < 1.29 is 19.0 Å². The van der Waals surface area contributed by atoms with E-state index in [-0.39, 0.29) is 5.91 Å². The van der Waals surface area contributed by atoms with Crippen LogP contribution in [0.15, 0.2) is 34.8 Å². The van der Waals surface area contributed by atoms with Gasteiger partial charge in [-0.05, 0) is 96.2 Å². The predicted octanol–water partition coefficient (Wildman–Crippen LogP) is 4.46. The minimum absolute atomic E-state index is 0.282. The van der Waals surface area contributed by atoms with Gasteiger partial charge in [0.25, 0.3) is 0 Å². The molecule has 0 spiro atoms. The maximum Gasteiger partial charge on any atom is 0.236 e. The van der Waals surface area contributed by atoms with Crippen molar-refractivity contribution in [3.8, 4) is 0 Å². The average molecular weight is 502 g/mol. The van der Waals surface area contributed by atoms with Crippen LogP contribution in [0.4, 0.5) is 0 Å². The van der Waals surface area contributed by atoms with Crippen molar-refractivity contribution in [2.24, 2.45) is 0 Å². The molecule has 3 fully saturated rings. The summed E-state index contributed by atoms with van der Waals surface area (Å²) in [7, 11) is 4.19. The molecule has 4 aliphatic rings. The maximum atomic E-state index is 13.5. The highest BCUT2D eigenvalue weighted by molar-refractivity contribution is 5.78. The summed E-state index contributed by atoms with van der Waals surface area (Å²) in [6.45, 7) is 7.50. The van der Waals surface area contributed by atoms with E-state index in [0.717, 1.165) is 89.2 Å². The van der Waals surface area contributed by atoms with Gasteiger partial charge in [0.2, 0.25) is 12.7 Å². The minimum Gasteiger partial charge on any atom is -0.454 e. The zero-order valence-corrected chi connectivity index (χ0v) is 22.8. The lowest BCUT2D eigenvalue weighted by Crippen LogP contribution is -2.43. The summed E-state index contributed by atoms with van der Waals surface area (Å²) in [5, 5.41) is 0. The van der Waals surface area contributed by atoms with Crippen LogP contribution < -0.4 is 0 Å². The average Bonchev–Trinajstić information content (AvgIpc) is 3.51. The number of carbonyl (C=O) groups is 1. The van der Waals surface area contributed by atoms with Gasteiger partial charge in [-0.25, -0.2) is 0 Å². The number of allylic oxidation sites excluding steroid dienone is 3. The number of rotatable bonds is 12. The lowest BCUT2D eigenvalue weighted by atomic mass is 9.95. The fraction of sp³-hybridized carbons (Fsp3) is 0.759. The molecule has 0 radical (unpaired) electrons. The van der Waals surface area contributed by atoms with E-state index in [0.29, 0.717) is 25.5 Å². The molecule has 202 valence electrons. The standard InChI is InChI=1S/C29H47N3O4/c1-4-5-15-31(16-8-14-30(2)3)29(33)21-32-20-24(23-10-13-27-28(19-23)36-22-35-27)18-25(32)11-12-26-9-6-7-17-34-26/h13,19,25-26H,4-12,14-18,20-22H2,1-3H3/b24-23+. The summed E-state index contributed by atoms with van der Waals surface area (Å²) < 4.78 is 17.2. The Labute approximate surface area is 218 Å². The highest BCUT2D eigenvalue weighted by Gasteiger charge is 2.33. The zero-order valence-electron chi connectivity index (χ0n) is 22.8. The molecule has 0 N–H and O–H groups in total. The Bertz CT molecular complexity index is 828. The van der Waals surface area contributed by atoms with Crippen molar-refractivity contribution in [1.82, 2.24) is 14.7 Å². The van der Waals surface area contributed by atoms with Crippen molar-refractivity contribution in [2.75, 3.05) is 60.2 Å². The fourth-order valence-electron chi connectivity index (χ4n) is 5.77. The first-order valence-electron chi connectivity index (χ1n) is 14.2. The normalized spacial score (nSPS) is 26.3. The molecule has 0 saturated carbocycles. The van der Waals surface area contributed by atoms with E-state index < -0.39 is 0 Å². The molecule has 7 nitrogen and oxygen atoms in total. The summed E-state index contributed by atoms with van der Waals surface area (Å²) in [6.07, 6.45) is 15.6. The van der Waals surface area contributed by atoms with Gasteiger partial charge in [0.05, 0.1) is 12.6 Å². The fourth-order valence-corrected chi connectivity index (χ4v) is 5.77. The SMILES string of the molecule is CCCCN(CCCN(C)C)C(=O)CN1C/C(=C2/C=C3OCOC3=CC2)CC1CCC1CCCCO1. The van der Waals surface area contributed by atoms with Crippen LogP contribution in [0, 0.1) is 0 Å². The molecule has 3 heterocycles. The summed E-state index contributed by atoms with van der Waals surface area (Å²) in [5.74, 6) is 2.01. The van der Waals surface area contributed by atoms with E-state index in [1.165, 1.54) is 30.4 Å². The molecule has 1 amide bonds. The number of likely N-dealkylation sites (tertiary alicyclic amines) is 1. The predicted molar refractivity (Wildman–Crippen MR) is 142 cm³/mol. The number of carbonyl (C=O) groups excluding carboxylic acids is 1. The molecule has 0 aromatic heterocycles. The van der Waals surface area contributed by atoms with Crippen molar-refractivity contribution >= 4 is 5.91 Å². The van der Waals surface area contributed by atoms with Gasteiger partial charge in [-0.3, -0.25) is 9.69 Å². The van der Waals surface area contributed by atoms with Gasteiger partial charge in [0.1, 0.15) is 0 Å². The molecule has 3 aliphatic heterocycles. The van der Waals surface area contributed by atoms with Crippen LogP contribution in [-0.4, -0.2) is 93.0 Å². The quantitative estimate of drug-likeness (QED) is 0.394. The van der Waals surface area contributed by atoms with Gasteiger partial charge in [-0.15, -0.1) is 0 Å². The van der Waals surface area contributed by atoms with E-state index >= 15 is 0 Å². The number of amides is 1. The molecular formula is C29H47N3O4. The van der Waals surface area contributed by atoms with Gasteiger partial charge >= 0.3 is 0 Å². The Morgan fingerprint density at radius 2 is 1.92 bits per heavy atom. The van der Waals surface area contributed by atoms with Crippen molar-refractivity contribution in [3.63, 3.8) is 0 Å². The molecule has 7 heteroatoms. The Hall–Kier alpha value is -1.83. The van der Waals surface area contributed by atoms with Crippen molar-refractivity contribution in [2.45, 2.75) is 83.3 Å². The zero-order chi connectivity index (χ0) is 25.3. The van der Waals surface area contributed by atoms with Gasteiger partial charge in [0, 0.05) is 32.3 Å². The van der Waals surface area contributed by atoms with E-state index in [1.807, 2.05) is 0 Å². The molecule has 2 atom stereocenters. The van der Waals surface area contributed by atoms with E-state index in [4.69, 9.17) is 14.2 Å². The molecule has 0 aromatic carbocycles. The number of ether oxygens (including phenoxy) is 3. The molecule has 4 rings (SSSR count). The van der Waals surface area contributed by atoms with Crippen LogP contribution in [0.25, 0.3) is 0 Å². The first kappa shape index (κ1) is 27.2. The number of unbranched alkanes of at least 4 members (excludes halogenated alkanes) is 1. The largest absolute Gasteiger partial charge is 0.454 e. The number of fused-ring (bicyclic) bond motifs is 1. The summed E-state index contributed by atoms with van der Waals surface area (Å²) in [6, 6.07) is 0.390. The van der Waals surface area contributed by atoms with Crippen LogP contribution >= 0.6 is 0 Å². The van der Waals surface area contributed by atoms with E-state index in [9.17, 15) is 4.79 Å². The third-order valence-corrected chi connectivity index (χ3v) is 7.93. The smallest absolute Gasteiger partial charge is 0.236 e. The molecule has 0 bridgehead atoms. The second kappa shape index (κ2) is 13.6. The van der Waals surface area contributed by atoms with Crippen LogP contribution in [-0.2, 0) is 19.0 Å². The van der Waals surface area contributed by atoms with E-state index in [2.05, 4.69) is 47.9 Å². The molecule has 2 unspecified atom stereocenters. The van der Waals surface area contributed by atoms with Gasteiger partial charge in [-0.1, -0.05) is 18.9 Å². The number of nitrogens with zero attached hydrogens (tertiary/aromatic N) is 3. The molecule has 3 saturated heterocycles. The minimum atomic E-state index is 0.282. The Balaban J connectivity index is 1.43. The van der Waals surface area contributed by atoms with E-state index in [1.54, 1.807) is 0 Å². The Kier molecular flexibility index (Phi) is 10.3. The Morgan fingerprint density at radius 3 is 2.69 bits per heavy atom. The van der Waals surface area contributed by atoms with Crippen molar-refractivity contribution in [1.29, 1.82) is 0 Å². The maximum absolute atomic E-state index is 13.5. The summed E-state index contributed by atoms with van der Waals surface area (Å²) in [4.78, 5) is 20.3. The summed E-state index contributed by atoms with van der Waals surface area (Å²) in [5.41, 5.74) is 2.78. The number of hydrogen-bond donors (Lipinski definition) is 0. The molecular weight excluding hydrogens is 454 g/mol. The summed E-state index contributed by atoms with van der Waals surface area (Å²) >= 11 is 0. The second-order valence-electron chi connectivity index (χ2n) is 11.0. The molecule has 0 aromatic rings. The topological polar surface area (TPSA) is 54.5 Å². The Morgan fingerprint density at radius 1 is 1.08 bits per heavy atom. The second-order valence-corrected chi connectivity index (χ2v) is 11.0. The van der Waals surface area contributed by atoms with Gasteiger partial charge < -0.3 is 24.0 Å². The van der Waals surface area contributed by atoms with Crippen LogP contribution in [0.1, 0.15) is 71.1 Å². The first-order chi connectivity index (χ1) is 17.5. The van der Waals surface area contributed by atoms with Crippen LogP contribution in [0.3, 0.4) is 0 Å². The highest BCUT2D eigenvalue weighted by atomic mass is 16.7. The lowest BCUT2D eigenvalue weighted by molar-refractivity contribution is -0.132. The third-order valence-electron chi connectivity index (χ3n) is 7.93.